The van der Waals surface area contributed by atoms with Gasteiger partial charge in [-0.05, 0) is 42.1 Å². The van der Waals surface area contributed by atoms with Crippen LogP contribution in [0.1, 0.15) is 0 Å². The zero-order valence-corrected chi connectivity index (χ0v) is 13.3. The Kier molecular flexibility index (Phi) is 4.84. The van der Waals surface area contributed by atoms with Gasteiger partial charge in [-0.3, -0.25) is 10.1 Å². The van der Waals surface area contributed by atoms with Gasteiger partial charge in [-0.1, -0.05) is 23.9 Å². The molecule has 0 unspecified atom stereocenters. The minimum atomic E-state index is -0.437. The highest BCUT2D eigenvalue weighted by Gasteiger charge is 2.18. The lowest BCUT2D eigenvalue weighted by atomic mass is 10.4. The summed E-state index contributed by atoms with van der Waals surface area (Å²) < 4.78 is 0. The van der Waals surface area contributed by atoms with Crippen molar-refractivity contribution in [1.29, 1.82) is 0 Å². The molecule has 6 nitrogen and oxygen atoms in total. The molecule has 0 bridgehead atoms. The third-order valence-electron chi connectivity index (χ3n) is 2.70. The van der Waals surface area contributed by atoms with Gasteiger partial charge in [-0.15, -0.1) is 0 Å². The predicted octanol–water partition coefficient (Wildman–Crippen LogP) is 4.08. The summed E-state index contributed by atoms with van der Waals surface area (Å²) in [6.45, 7) is 0. The maximum absolute atomic E-state index is 11.2. The van der Waals surface area contributed by atoms with Gasteiger partial charge in [0.15, 0.2) is 5.03 Å². The van der Waals surface area contributed by atoms with Gasteiger partial charge in [0.2, 0.25) is 0 Å². The van der Waals surface area contributed by atoms with E-state index in [4.69, 9.17) is 0 Å². The van der Waals surface area contributed by atoms with Crippen LogP contribution in [-0.2, 0) is 0 Å². The van der Waals surface area contributed by atoms with Crippen molar-refractivity contribution in [3.63, 3.8) is 0 Å². The van der Waals surface area contributed by atoms with E-state index in [1.165, 1.54) is 29.6 Å². The Morgan fingerprint density at radius 3 is 2.04 bits per heavy atom. The number of pyridine rings is 3. The van der Waals surface area contributed by atoms with Gasteiger partial charge in [0, 0.05) is 18.5 Å². The Morgan fingerprint density at radius 1 is 0.826 bits per heavy atom. The molecule has 0 saturated carbocycles. The zero-order chi connectivity index (χ0) is 16.1. The van der Waals surface area contributed by atoms with Gasteiger partial charge in [0.05, 0.1) is 4.92 Å². The molecule has 114 valence electrons. The Labute approximate surface area is 140 Å². The minimum Gasteiger partial charge on any atom is -0.258 e. The maximum Gasteiger partial charge on any atom is 0.301 e. The average Bonchev–Trinajstić information content (AvgIpc) is 2.57. The summed E-state index contributed by atoms with van der Waals surface area (Å²) in [6, 6.07) is 14.1. The van der Waals surface area contributed by atoms with Crippen molar-refractivity contribution in [2.75, 3.05) is 0 Å². The van der Waals surface area contributed by atoms with Crippen molar-refractivity contribution in [1.82, 2.24) is 15.0 Å². The van der Waals surface area contributed by atoms with Crippen LogP contribution in [0.5, 0.6) is 0 Å². The van der Waals surface area contributed by atoms with Gasteiger partial charge in [0.1, 0.15) is 15.1 Å². The van der Waals surface area contributed by atoms with Gasteiger partial charge in [-0.2, -0.15) is 0 Å². The molecule has 0 aliphatic rings. The smallest absolute Gasteiger partial charge is 0.258 e. The van der Waals surface area contributed by atoms with Crippen molar-refractivity contribution < 1.29 is 4.92 Å². The molecule has 0 aliphatic carbocycles. The van der Waals surface area contributed by atoms with E-state index in [-0.39, 0.29) is 5.69 Å². The summed E-state index contributed by atoms with van der Waals surface area (Å²) in [5.41, 5.74) is -0.0361. The van der Waals surface area contributed by atoms with Crippen LogP contribution >= 0.6 is 23.5 Å². The highest BCUT2D eigenvalue weighted by atomic mass is 32.2. The average molecular weight is 342 g/mol. The molecule has 0 fully saturated rings. The van der Waals surface area contributed by atoms with Crippen LogP contribution < -0.4 is 0 Å². The lowest BCUT2D eigenvalue weighted by Gasteiger charge is -2.04. The van der Waals surface area contributed by atoms with Crippen LogP contribution in [-0.4, -0.2) is 19.9 Å². The standard InChI is InChI=1S/C15H10N4O2S2/c20-19(21)11-7-8-14(22-12-5-1-3-9-16-12)18-15(11)23-13-6-2-4-10-17-13/h1-10H. The van der Waals surface area contributed by atoms with Gasteiger partial charge < -0.3 is 0 Å². The molecule has 3 aromatic rings. The minimum absolute atomic E-state index is 0.0361. The molecule has 8 heteroatoms. The molecular weight excluding hydrogens is 332 g/mol. The van der Waals surface area contributed by atoms with Gasteiger partial charge in [-0.25, -0.2) is 15.0 Å². The highest BCUT2D eigenvalue weighted by Crippen LogP contribution is 2.35. The topological polar surface area (TPSA) is 81.8 Å². The first kappa shape index (κ1) is 15.4. The van der Waals surface area contributed by atoms with Crippen LogP contribution in [0.25, 0.3) is 0 Å². The molecule has 3 heterocycles. The number of hydrogen-bond acceptors (Lipinski definition) is 7. The van der Waals surface area contributed by atoms with E-state index < -0.39 is 4.92 Å². The quantitative estimate of drug-likeness (QED) is 0.510. The fourth-order valence-corrected chi connectivity index (χ4v) is 3.36. The lowest BCUT2D eigenvalue weighted by Crippen LogP contribution is -1.95. The Hall–Kier alpha value is -2.45. The first-order valence-corrected chi connectivity index (χ1v) is 8.19. The number of rotatable bonds is 5. The molecule has 0 spiro atoms. The molecule has 0 radical (unpaired) electrons. The van der Waals surface area contributed by atoms with Crippen molar-refractivity contribution >= 4 is 29.2 Å². The lowest BCUT2D eigenvalue weighted by molar-refractivity contribution is -0.388. The molecule has 3 rings (SSSR count). The second-order valence-electron chi connectivity index (χ2n) is 4.27. The molecular formula is C15H10N4O2S2. The van der Waals surface area contributed by atoms with E-state index in [2.05, 4.69) is 15.0 Å². The Balaban J connectivity index is 1.91. The maximum atomic E-state index is 11.2. The molecule has 0 atom stereocenters. The summed E-state index contributed by atoms with van der Waals surface area (Å²) in [5, 5.41) is 13.6. The molecule has 3 aromatic heterocycles. The van der Waals surface area contributed by atoms with Crippen molar-refractivity contribution in [3.05, 3.63) is 71.0 Å². The van der Waals surface area contributed by atoms with E-state index in [1.54, 1.807) is 30.6 Å². The molecule has 0 aliphatic heterocycles. The number of hydrogen-bond donors (Lipinski definition) is 0. The first-order valence-electron chi connectivity index (χ1n) is 6.55. The summed E-state index contributed by atoms with van der Waals surface area (Å²) >= 11 is 2.52. The Bertz CT molecular complexity index is 816. The third kappa shape index (κ3) is 4.05. The monoisotopic (exact) mass is 342 g/mol. The summed E-state index contributed by atoms with van der Waals surface area (Å²) in [5.74, 6) is 0. The van der Waals surface area contributed by atoms with Crippen LogP contribution in [0.4, 0.5) is 5.69 Å². The zero-order valence-electron chi connectivity index (χ0n) is 11.7. The second-order valence-corrected chi connectivity index (χ2v) is 6.32. The molecule has 0 N–H and O–H groups in total. The number of aromatic nitrogens is 3. The number of nitrogens with zero attached hydrogens (tertiary/aromatic N) is 4. The highest BCUT2D eigenvalue weighted by molar-refractivity contribution is 8.00. The SMILES string of the molecule is O=[N+]([O-])c1ccc(Sc2ccccn2)nc1Sc1ccccn1. The van der Waals surface area contributed by atoms with Gasteiger partial charge >= 0.3 is 5.69 Å². The Morgan fingerprint density at radius 2 is 1.48 bits per heavy atom. The van der Waals surface area contributed by atoms with E-state index in [1.807, 2.05) is 24.3 Å². The van der Waals surface area contributed by atoms with E-state index in [9.17, 15) is 10.1 Å². The summed E-state index contributed by atoms with van der Waals surface area (Å²) in [6.07, 6.45) is 3.33. The first-order chi connectivity index (χ1) is 11.2. The van der Waals surface area contributed by atoms with Crippen LogP contribution in [0.2, 0.25) is 0 Å². The van der Waals surface area contributed by atoms with Crippen LogP contribution in [0, 0.1) is 10.1 Å². The van der Waals surface area contributed by atoms with Crippen LogP contribution in [0.3, 0.4) is 0 Å². The fraction of sp³-hybridized carbons (Fsp3) is 0. The van der Waals surface area contributed by atoms with Crippen LogP contribution in [0.15, 0.2) is 81.0 Å². The summed E-state index contributed by atoms with van der Waals surface area (Å²) in [4.78, 5) is 23.5. The van der Waals surface area contributed by atoms with Crippen molar-refractivity contribution in [2.45, 2.75) is 20.1 Å². The van der Waals surface area contributed by atoms with Crippen molar-refractivity contribution in [2.24, 2.45) is 0 Å². The molecule has 0 saturated heterocycles. The normalized spacial score (nSPS) is 10.4. The molecule has 0 amide bonds. The van der Waals surface area contributed by atoms with Crippen molar-refractivity contribution in [3.8, 4) is 0 Å². The van der Waals surface area contributed by atoms with Gasteiger partial charge in [0.25, 0.3) is 0 Å². The second kappa shape index (κ2) is 7.21. The third-order valence-corrected chi connectivity index (χ3v) is 4.53. The van der Waals surface area contributed by atoms with E-state index in [0.29, 0.717) is 15.1 Å². The number of nitro groups is 1. The van der Waals surface area contributed by atoms with E-state index in [0.717, 1.165) is 5.03 Å². The van der Waals surface area contributed by atoms with E-state index >= 15 is 0 Å². The summed E-state index contributed by atoms with van der Waals surface area (Å²) in [7, 11) is 0. The predicted molar refractivity (Wildman–Crippen MR) is 87.6 cm³/mol. The molecule has 0 aromatic carbocycles. The molecule has 23 heavy (non-hydrogen) atoms. The fourth-order valence-electron chi connectivity index (χ4n) is 1.71. The largest absolute Gasteiger partial charge is 0.301 e.